The SMILES string of the molecule is CCN(CC(=O)NC(=O)NC1CCCC1)CC(C)C(=O)O. The third-order valence-corrected chi connectivity index (χ3v) is 3.71. The first kappa shape index (κ1) is 17.4. The summed E-state index contributed by atoms with van der Waals surface area (Å²) < 4.78 is 0. The van der Waals surface area contributed by atoms with Crippen molar-refractivity contribution in [2.75, 3.05) is 19.6 Å². The maximum atomic E-state index is 11.8. The highest BCUT2D eigenvalue weighted by Gasteiger charge is 2.20. The zero-order chi connectivity index (χ0) is 15.8. The van der Waals surface area contributed by atoms with Gasteiger partial charge in [-0.25, -0.2) is 4.79 Å². The average Bonchev–Trinajstić information content (AvgIpc) is 2.89. The van der Waals surface area contributed by atoms with Crippen molar-refractivity contribution in [3.8, 4) is 0 Å². The van der Waals surface area contributed by atoms with Crippen LogP contribution in [0.2, 0.25) is 0 Å². The Morgan fingerprint density at radius 3 is 2.43 bits per heavy atom. The molecule has 1 aliphatic rings. The minimum atomic E-state index is -0.896. The number of imide groups is 1. The summed E-state index contributed by atoms with van der Waals surface area (Å²) in [6.45, 7) is 4.29. The first-order valence-corrected chi connectivity index (χ1v) is 7.47. The number of amides is 3. The van der Waals surface area contributed by atoms with Crippen molar-refractivity contribution in [3.05, 3.63) is 0 Å². The highest BCUT2D eigenvalue weighted by atomic mass is 16.4. The van der Waals surface area contributed by atoms with Crippen LogP contribution in [0.15, 0.2) is 0 Å². The molecule has 7 heteroatoms. The molecule has 1 unspecified atom stereocenters. The molecule has 0 aromatic rings. The molecule has 120 valence electrons. The van der Waals surface area contributed by atoms with Crippen LogP contribution in [0.25, 0.3) is 0 Å². The van der Waals surface area contributed by atoms with E-state index in [9.17, 15) is 14.4 Å². The number of urea groups is 1. The van der Waals surface area contributed by atoms with Crippen molar-refractivity contribution in [1.82, 2.24) is 15.5 Å². The fourth-order valence-electron chi connectivity index (χ4n) is 2.43. The van der Waals surface area contributed by atoms with Crippen molar-refractivity contribution in [2.24, 2.45) is 5.92 Å². The molecule has 0 saturated heterocycles. The number of carbonyl (C=O) groups is 3. The first-order valence-electron chi connectivity index (χ1n) is 7.47. The zero-order valence-electron chi connectivity index (χ0n) is 12.7. The minimum Gasteiger partial charge on any atom is -0.481 e. The van der Waals surface area contributed by atoms with Gasteiger partial charge in [0.05, 0.1) is 12.5 Å². The molecule has 21 heavy (non-hydrogen) atoms. The third kappa shape index (κ3) is 6.57. The lowest BCUT2D eigenvalue weighted by atomic mass is 10.1. The molecule has 0 aromatic carbocycles. The standard InChI is InChI=1S/C14H25N3O4/c1-3-17(8-10(2)13(19)20)9-12(18)16-14(21)15-11-6-4-5-7-11/h10-11H,3-9H2,1-2H3,(H,19,20)(H2,15,16,18,21). The molecule has 1 saturated carbocycles. The van der Waals surface area contributed by atoms with Gasteiger partial charge in [0.2, 0.25) is 5.91 Å². The van der Waals surface area contributed by atoms with Crippen LogP contribution in [0.3, 0.4) is 0 Å². The zero-order valence-corrected chi connectivity index (χ0v) is 12.7. The fraction of sp³-hybridized carbons (Fsp3) is 0.786. The molecular formula is C14H25N3O4. The predicted octanol–water partition coefficient (Wildman–Crippen LogP) is 0.797. The van der Waals surface area contributed by atoms with E-state index in [1.807, 2.05) is 6.92 Å². The van der Waals surface area contributed by atoms with E-state index in [1.165, 1.54) is 0 Å². The van der Waals surface area contributed by atoms with E-state index >= 15 is 0 Å². The lowest BCUT2D eigenvalue weighted by Gasteiger charge is -2.21. The van der Waals surface area contributed by atoms with E-state index in [2.05, 4.69) is 10.6 Å². The normalized spacial score (nSPS) is 16.7. The van der Waals surface area contributed by atoms with Gasteiger partial charge in [0, 0.05) is 12.6 Å². The molecular weight excluding hydrogens is 274 g/mol. The quantitative estimate of drug-likeness (QED) is 0.646. The molecule has 0 bridgehead atoms. The topological polar surface area (TPSA) is 98.7 Å². The van der Waals surface area contributed by atoms with Gasteiger partial charge in [0.15, 0.2) is 0 Å². The summed E-state index contributed by atoms with van der Waals surface area (Å²) in [5.74, 6) is -1.86. The van der Waals surface area contributed by atoms with Crippen molar-refractivity contribution in [1.29, 1.82) is 0 Å². The Balaban J connectivity index is 2.32. The Labute approximate surface area is 125 Å². The third-order valence-electron chi connectivity index (χ3n) is 3.71. The monoisotopic (exact) mass is 299 g/mol. The van der Waals surface area contributed by atoms with E-state index < -0.39 is 23.8 Å². The number of nitrogens with zero attached hydrogens (tertiary/aromatic N) is 1. The minimum absolute atomic E-state index is 0.0200. The second kappa shape index (κ2) is 8.61. The van der Waals surface area contributed by atoms with Crippen LogP contribution in [0.5, 0.6) is 0 Å². The molecule has 0 aliphatic heterocycles. The number of rotatable bonds is 7. The van der Waals surface area contributed by atoms with Crippen LogP contribution in [0, 0.1) is 5.92 Å². The summed E-state index contributed by atoms with van der Waals surface area (Å²) in [6, 6.07) is -0.304. The Hall–Kier alpha value is -1.63. The molecule has 1 atom stereocenters. The van der Waals surface area contributed by atoms with E-state index in [1.54, 1.807) is 11.8 Å². The molecule has 3 amide bonds. The van der Waals surface area contributed by atoms with E-state index in [0.717, 1.165) is 25.7 Å². The van der Waals surface area contributed by atoms with Gasteiger partial charge >= 0.3 is 12.0 Å². The Kier molecular flexibility index (Phi) is 7.14. The highest BCUT2D eigenvalue weighted by Crippen LogP contribution is 2.17. The molecule has 1 aliphatic carbocycles. The van der Waals surface area contributed by atoms with Crippen LogP contribution in [-0.4, -0.2) is 53.6 Å². The Bertz CT molecular complexity index is 380. The molecule has 0 aromatic heterocycles. The fourth-order valence-corrected chi connectivity index (χ4v) is 2.43. The van der Waals surface area contributed by atoms with Gasteiger partial charge in [-0.2, -0.15) is 0 Å². The second-order valence-electron chi connectivity index (χ2n) is 5.57. The number of carboxylic acids is 1. The summed E-state index contributed by atoms with van der Waals surface area (Å²) in [7, 11) is 0. The van der Waals surface area contributed by atoms with Gasteiger partial charge in [-0.3, -0.25) is 19.8 Å². The van der Waals surface area contributed by atoms with Gasteiger partial charge in [0.1, 0.15) is 0 Å². The van der Waals surface area contributed by atoms with Crippen LogP contribution in [0.1, 0.15) is 39.5 Å². The van der Waals surface area contributed by atoms with Crippen LogP contribution in [0.4, 0.5) is 4.79 Å². The molecule has 1 rings (SSSR count). The maximum absolute atomic E-state index is 11.8. The van der Waals surface area contributed by atoms with E-state index in [0.29, 0.717) is 6.54 Å². The van der Waals surface area contributed by atoms with Gasteiger partial charge in [0.25, 0.3) is 0 Å². The summed E-state index contributed by atoms with van der Waals surface area (Å²) in [5.41, 5.74) is 0. The number of nitrogens with one attached hydrogen (secondary N) is 2. The van der Waals surface area contributed by atoms with Gasteiger partial charge in [-0.1, -0.05) is 26.7 Å². The lowest BCUT2D eigenvalue weighted by Crippen LogP contribution is -2.47. The number of likely N-dealkylation sites (N-methyl/N-ethyl adjacent to an activating group) is 1. The summed E-state index contributed by atoms with van der Waals surface area (Å²) in [6.07, 6.45) is 4.13. The van der Waals surface area contributed by atoms with E-state index in [-0.39, 0.29) is 19.1 Å². The summed E-state index contributed by atoms with van der Waals surface area (Å²) >= 11 is 0. The molecule has 0 spiro atoms. The number of hydrogen-bond donors (Lipinski definition) is 3. The van der Waals surface area contributed by atoms with Gasteiger partial charge < -0.3 is 10.4 Å². The molecule has 0 heterocycles. The molecule has 7 nitrogen and oxygen atoms in total. The van der Waals surface area contributed by atoms with Crippen LogP contribution in [-0.2, 0) is 9.59 Å². The molecule has 3 N–H and O–H groups in total. The smallest absolute Gasteiger partial charge is 0.321 e. The lowest BCUT2D eigenvalue weighted by molar-refractivity contribution is -0.142. The van der Waals surface area contributed by atoms with Gasteiger partial charge in [-0.05, 0) is 19.4 Å². The van der Waals surface area contributed by atoms with E-state index in [4.69, 9.17) is 5.11 Å². The molecule has 1 fully saturated rings. The predicted molar refractivity (Wildman–Crippen MR) is 77.8 cm³/mol. The first-order chi connectivity index (χ1) is 9.92. The van der Waals surface area contributed by atoms with Crippen molar-refractivity contribution < 1.29 is 19.5 Å². The number of aliphatic carboxylic acids is 1. The average molecular weight is 299 g/mol. The largest absolute Gasteiger partial charge is 0.481 e. The van der Waals surface area contributed by atoms with Crippen molar-refractivity contribution in [2.45, 2.75) is 45.6 Å². The number of carboxylic acid groups (broad SMARTS) is 1. The molecule has 0 radical (unpaired) electrons. The highest BCUT2D eigenvalue weighted by molar-refractivity contribution is 5.95. The van der Waals surface area contributed by atoms with Gasteiger partial charge in [-0.15, -0.1) is 0 Å². The van der Waals surface area contributed by atoms with Crippen molar-refractivity contribution in [3.63, 3.8) is 0 Å². The number of hydrogen-bond acceptors (Lipinski definition) is 4. The maximum Gasteiger partial charge on any atom is 0.321 e. The Morgan fingerprint density at radius 1 is 1.29 bits per heavy atom. The van der Waals surface area contributed by atoms with Crippen LogP contribution >= 0.6 is 0 Å². The second-order valence-corrected chi connectivity index (χ2v) is 5.57. The number of carbonyl (C=O) groups excluding carboxylic acids is 2. The van der Waals surface area contributed by atoms with Crippen molar-refractivity contribution >= 4 is 17.9 Å². The Morgan fingerprint density at radius 2 is 1.90 bits per heavy atom. The summed E-state index contributed by atoms with van der Waals surface area (Å²) in [4.78, 5) is 36.0. The van der Waals surface area contributed by atoms with Crippen LogP contribution < -0.4 is 10.6 Å². The summed E-state index contributed by atoms with van der Waals surface area (Å²) in [5, 5.41) is 13.9.